The van der Waals surface area contributed by atoms with E-state index in [0.717, 1.165) is 49.6 Å². The van der Waals surface area contributed by atoms with Crippen LogP contribution in [0, 0.1) is 13.8 Å². The van der Waals surface area contributed by atoms with Crippen LogP contribution in [0.2, 0.25) is 0 Å². The molecule has 0 aliphatic carbocycles. The van der Waals surface area contributed by atoms with Crippen molar-refractivity contribution in [1.82, 2.24) is 24.9 Å². The number of nitrogens with zero attached hydrogens (tertiary/aromatic N) is 4. The van der Waals surface area contributed by atoms with E-state index < -0.39 is 0 Å². The summed E-state index contributed by atoms with van der Waals surface area (Å²) in [6.07, 6.45) is 3.21. The third-order valence-corrected chi connectivity index (χ3v) is 5.21. The van der Waals surface area contributed by atoms with E-state index >= 15 is 0 Å². The molecule has 0 saturated heterocycles. The number of hydrogen-bond acceptors (Lipinski definition) is 3. The molecular weight excluding hydrogens is 370 g/mol. The molecule has 4 aromatic rings. The fourth-order valence-corrected chi connectivity index (χ4v) is 3.76. The number of nitrogens with one attached hydrogen (secondary N) is 1. The molecule has 30 heavy (non-hydrogen) atoms. The van der Waals surface area contributed by atoms with Crippen molar-refractivity contribution in [1.29, 1.82) is 0 Å². The Morgan fingerprint density at radius 2 is 1.63 bits per heavy atom. The van der Waals surface area contributed by atoms with Crippen LogP contribution in [0.4, 0.5) is 0 Å². The van der Waals surface area contributed by atoms with E-state index in [0.29, 0.717) is 0 Å². The van der Waals surface area contributed by atoms with Gasteiger partial charge in [0, 0.05) is 36.1 Å². The van der Waals surface area contributed by atoms with Gasteiger partial charge in [0.25, 0.3) is 0 Å². The number of rotatable bonds is 9. The van der Waals surface area contributed by atoms with Crippen LogP contribution >= 0.6 is 0 Å². The maximum Gasteiger partial charge on any atom is 0.0968 e. The highest BCUT2D eigenvalue weighted by Crippen LogP contribution is 2.22. The van der Waals surface area contributed by atoms with Gasteiger partial charge in [-0.3, -0.25) is 9.36 Å². The first-order chi connectivity index (χ1) is 14.7. The molecule has 0 fully saturated rings. The largest absolute Gasteiger partial charge is 0.312 e. The van der Waals surface area contributed by atoms with Gasteiger partial charge in [-0.2, -0.15) is 10.2 Å². The molecule has 2 heterocycles. The minimum Gasteiger partial charge on any atom is -0.312 e. The first-order valence-corrected chi connectivity index (χ1v) is 10.6. The molecule has 0 radical (unpaired) electrons. The average molecular weight is 400 g/mol. The van der Waals surface area contributed by atoms with Crippen LogP contribution in [-0.4, -0.2) is 26.1 Å². The van der Waals surface area contributed by atoms with Crippen LogP contribution in [0.3, 0.4) is 0 Å². The number of aromatic nitrogens is 4. The summed E-state index contributed by atoms with van der Waals surface area (Å²) in [7, 11) is 0. The fraction of sp³-hybridized carbons (Fsp3) is 0.280. The van der Waals surface area contributed by atoms with Crippen LogP contribution in [0.5, 0.6) is 0 Å². The van der Waals surface area contributed by atoms with Gasteiger partial charge >= 0.3 is 0 Å². The number of benzene rings is 2. The van der Waals surface area contributed by atoms with E-state index in [2.05, 4.69) is 82.8 Å². The van der Waals surface area contributed by atoms with E-state index in [1.54, 1.807) is 0 Å². The van der Waals surface area contributed by atoms with Gasteiger partial charge in [-0.15, -0.1) is 0 Å². The van der Waals surface area contributed by atoms with Crippen molar-refractivity contribution in [3.05, 3.63) is 95.4 Å². The van der Waals surface area contributed by atoms with E-state index in [9.17, 15) is 0 Å². The second-order valence-corrected chi connectivity index (χ2v) is 7.73. The second-order valence-electron chi connectivity index (χ2n) is 7.73. The van der Waals surface area contributed by atoms with Crippen LogP contribution in [-0.2, 0) is 19.6 Å². The molecule has 2 aromatic heterocycles. The van der Waals surface area contributed by atoms with Crippen LogP contribution in [0.1, 0.15) is 28.9 Å². The van der Waals surface area contributed by atoms with Gasteiger partial charge in [-0.1, -0.05) is 60.7 Å². The monoisotopic (exact) mass is 399 g/mol. The van der Waals surface area contributed by atoms with Gasteiger partial charge in [-0.25, -0.2) is 0 Å². The van der Waals surface area contributed by atoms with Gasteiger partial charge in [0.05, 0.1) is 17.9 Å². The van der Waals surface area contributed by atoms with Crippen molar-refractivity contribution in [2.24, 2.45) is 0 Å². The Labute approximate surface area is 178 Å². The van der Waals surface area contributed by atoms with Gasteiger partial charge < -0.3 is 5.32 Å². The van der Waals surface area contributed by atoms with Crippen LogP contribution in [0.15, 0.2) is 72.9 Å². The number of hydrogen-bond donors (Lipinski definition) is 1. The van der Waals surface area contributed by atoms with Crippen molar-refractivity contribution in [2.45, 2.75) is 39.9 Å². The molecule has 0 unspecified atom stereocenters. The maximum absolute atomic E-state index is 4.90. The maximum atomic E-state index is 4.90. The first-order valence-electron chi connectivity index (χ1n) is 10.6. The highest BCUT2D eigenvalue weighted by Gasteiger charge is 2.11. The Balaban J connectivity index is 1.41. The molecule has 154 valence electrons. The molecule has 4 rings (SSSR count). The molecule has 5 nitrogen and oxygen atoms in total. The molecule has 0 saturated carbocycles. The third-order valence-electron chi connectivity index (χ3n) is 5.21. The molecule has 1 N–H and O–H groups in total. The van der Waals surface area contributed by atoms with Gasteiger partial charge in [0.1, 0.15) is 0 Å². The summed E-state index contributed by atoms with van der Waals surface area (Å²) in [5.74, 6) is 0. The zero-order chi connectivity index (χ0) is 20.8. The SMILES string of the molecule is Cc1cc(C)n(CCCNCc2cn(Cc3ccccc3)nc2-c2ccccc2)n1. The molecule has 0 aliphatic heterocycles. The molecule has 0 bridgehead atoms. The van der Waals surface area contributed by atoms with Crippen LogP contribution < -0.4 is 5.32 Å². The third kappa shape index (κ3) is 5.05. The Hall–Kier alpha value is -3.18. The molecule has 0 amide bonds. The average Bonchev–Trinajstić information content (AvgIpc) is 3.31. The Morgan fingerprint density at radius 1 is 0.900 bits per heavy atom. The molecule has 0 aliphatic rings. The Bertz CT molecular complexity index is 1060. The van der Waals surface area contributed by atoms with Crippen molar-refractivity contribution < 1.29 is 0 Å². The number of aryl methyl sites for hydroxylation is 3. The summed E-state index contributed by atoms with van der Waals surface area (Å²) in [6.45, 7) is 7.61. The standard InChI is InChI=1S/C25H29N5/c1-20-16-21(2)30(27-20)15-9-14-26-17-24-19-29(18-22-10-5-3-6-11-22)28-25(24)23-12-7-4-8-13-23/h3-8,10-13,16,19,26H,9,14-15,17-18H2,1-2H3. The quantitative estimate of drug-likeness (QED) is 0.419. The van der Waals surface area contributed by atoms with Crippen molar-refractivity contribution >= 4 is 0 Å². The summed E-state index contributed by atoms with van der Waals surface area (Å²) in [6, 6.07) is 23.0. The molecule has 5 heteroatoms. The summed E-state index contributed by atoms with van der Waals surface area (Å²) in [5.41, 5.74) is 6.99. The lowest BCUT2D eigenvalue weighted by atomic mass is 10.1. The lowest BCUT2D eigenvalue weighted by Crippen LogP contribution is -2.17. The zero-order valence-corrected chi connectivity index (χ0v) is 17.8. The highest BCUT2D eigenvalue weighted by molar-refractivity contribution is 5.62. The lowest BCUT2D eigenvalue weighted by Gasteiger charge is -2.07. The minimum atomic E-state index is 0.776. The molecule has 2 aromatic carbocycles. The van der Waals surface area contributed by atoms with E-state index in [-0.39, 0.29) is 0 Å². The Kier molecular flexibility index (Phi) is 6.40. The summed E-state index contributed by atoms with van der Waals surface area (Å²) in [4.78, 5) is 0. The topological polar surface area (TPSA) is 47.7 Å². The lowest BCUT2D eigenvalue weighted by molar-refractivity contribution is 0.532. The summed E-state index contributed by atoms with van der Waals surface area (Å²) >= 11 is 0. The molecular formula is C25H29N5. The van der Waals surface area contributed by atoms with Crippen molar-refractivity contribution in [2.75, 3.05) is 6.54 Å². The van der Waals surface area contributed by atoms with E-state index in [4.69, 9.17) is 5.10 Å². The summed E-state index contributed by atoms with van der Waals surface area (Å²) in [5, 5.41) is 13.0. The highest BCUT2D eigenvalue weighted by atomic mass is 15.3. The fourth-order valence-electron chi connectivity index (χ4n) is 3.76. The predicted molar refractivity (Wildman–Crippen MR) is 121 cm³/mol. The van der Waals surface area contributed by atoms with E-state index in [1.165, 1.54) is 16.8 Å². The van der Waals surface area contributed by atoms with Crippen molar-refractivity contribution in [3.63, 3.8) is 0 Å². The molecule has 0 atom stereocenters. The van der Waals surface area contributed by atoms with Crippen LogP contribution in [0.25, 0.3) is 11.3 Å². The first kappa shape index (κ1) is 20.1. The predicted octanol–water partition coefficient (Wildman–Crippen LogP) is 4.59. The van der Waals surface area contributed by atoms with E-state index in [1.807, 2.05) is 23.7 Å². The summed E-state index contributed by atoms with van der Waals surface area (Å²) < 4.78 is 4.13. The normalized spacial score (nSPS) is 11.1. The second kappa shape index (κ2) is 9.55. The zero-order valence-electron chi connectivity index (χ0n) is 17.8. The molecule has 0 spiro atoms. The Morgan fingerprint density at radius 3 is 2.33 bits per heavy atom. The smallest absolute Gasteiger partial charge is 0.0968 e. The van der Waals surface area contributed by atoms with Gasteiger partial charge in [0.15, 0.2) is 0 Å². The minimum absolute atomic E-state index is 0.776. The van der Waals surface area contributed by atoms with Crippen molar-refractivity contribution in [3.8, 4) is 11.3 Å². The van der Waals surface area contributed by atoms with Gasteiger partial charge in [0.2, 0.25) is 0 Å². The van der Waals surface area contributed by atoms with Gasteiger partial charge in [-0.05, 0) is 38.4 Å².